The van der Waals surface area contributed by atoms with Crippen molar-refractivity contribution in [3.05, 3.63) is 35.9 Å². The molecule has 106 valence electrons. The highest BCUT2D eigenvalue weighted by molar-refractivity contribution is 5.76. The number of aryl methyl sites for hydroxylation is 1. The fourth-order valence-electron chi connectivity index (χ4n) is 1.72. The Morgan fingerprint density at radius 3 is 2.37 bits per heavy atom. The van der Waals surface area contributed by atoms with Crippen LogP contribution in [0.3, 0.4) is 0 Å². The Bertz CT molecular complexity index is 393. The summed E-state index contributed by atoms with van der Waals surface area (Å²) >= 11 is 0. The van der Waals surface area contributed by atoms with E-state index < -0.39 is 18.6 Å². The third-order valence-electron chi connectivity index (χ3n) is 2.59. The van der Waals surface area contributed by atoms with E-state index in [9.17, 15) is 18.0 Å². The summed E-state index contributed by atoms with van der Waals surface area (Å²) in [7, 11) is 0. The molecule has 0 unspecified atom stereocenters. The highest BCUT2D eigenvalue weighted by atomic mass is 19.4. The molecule has 0 bridgehead atoms. The topological polar surface area (TPSA) is 46.3 Å². The highest BCUT2D eigenvalue weighted by Gasteiger charge is 2.32. The van der Waals surface area contributed by atoms with E-state index in [2.05, 4.69) is 0 Å². The van der Waals surface area contributed by atoms with Gasteiger partial charge in [0.2, 0.25) is 5.91 Å². The first-order valence-corrected chi connectivity index (χ1v) is 6.01. The largest absolute Gasteiger partial charge is 0.406 e. The average molecular weight is 274 g/mol. The van der Waals surface area contributed by atoms with Crippen LogP contribution in [0.25, 0.3) is 0 Å². The first-order chi connectivity index (χ1) is 8.92. The standard InChI is InChI=1S/C13H17F3N2O/c14-13(15,16)10-18(9-8-17)12(19)7-6-11-4-2-1-3-5-11/h1-5H,6-10,17H2. The zero-order valence-electron chi connectivity index (χ0n) is 10.5. The minimum Gasteiger partial charge on any atom is -0.332 e. The van der Waals surface area contributed by atoms with Gasteiger partial charge < -0.3 is 10.6 Å². The number of carbonyl (C=O) groups is 1. The van der Waals surface area contributed by atoms with Gasteiger partial charge in [-0.15, -0.1) is 0 Å². The number of halogens is 3. The second-order valence-electron chi connectivity index (χ2n) is 4.20. The molecule has 0 aliphatic carbocycles. The molecule has 0 aliphatic rings. The number of rotatable bonds is 6. The molecule has 0 saturated heterocycles. The van der Waals surface area contributed by atoms with Gasteiger partial charge in [-0.25, -0.2) is 0 Å². The maximum Gasteiger partial charge on any atom is 0.406 e. The number of alkyl halides is 3. The van der Waals surface area contributed by atoms with Crippen LogP contribution in [0, 0.1) is 0 Å². The summed E-state index contributed by atoms with van der Waals surface area (Å²) in [5.41, 5.74) is 6.16. The van der Waals surface area contributed by atoms with Crippen LogP contribution in [-0.2, 0) is 11.2 Å². The quantitative estimate of drug-likeness (QED) is 0.862. The van der Waals surface area contributed by atoms with Crippen molar-refractivity contribution in [3.63, 3.8) is 0 Å². The summed E-state index contributed by atoms with van der Waals surface area (Å²) in [6.45, 7) is -1.29. The van der Waals surface area contributed by atoms with E-state index in [1.165, 1.54) is 0 Å². The van der Waals surface area contributed by atoms with Gasteiger partial charge in [-0.05, 0) is 12.0 Å². The lowest BCUT2D eigenvalue weighted by atomic mass is 10.1. The summed E-state index contributed by atoms with van der Waals surface area (Å²) in [6.07, 6.45) is -3.91. The number of nitrogens with zero attached hydrogens (tertiary/aromatic N) is 1. The molecular formula is C13H17F3N2O. The van der Waals surface area contributed by atoms with Crippen molar-refractivity contribution >= 4 is 5.91 Å². The Morgan fingerprint density at radius 1 is 1.21 bits per heavy atom. The minimum absolute atomic E-state index is 0.0210. The molecule has 1 aromatic rings. The van der Waals surface area contributed by atoms with Gasteiger partial charge in [-0.3, -0.25) is 4.79 Å². The van der Waals surface area contributed by atoms with Crippen LogP contribution in [0.4, 0.5) is 13.2 Å². The van der Waals surface area contributed by atoms with Crippen molar-refractivity contribution in [2.75, 3.05) is 19.6 Å². The summed E-state index contributed by atoms with van der Waals surface area (Å²) in [5, 5.41) is 0. The van der Waals surface area contributed by atoms with Crippen LogP contribution in [0.1, 0.15) is 12.0 Å². The second-order valence-corrected chi connectivity index (χ2v) is 4.20. The summed E-state index contributed by atoms with van der Waals surface area (Å²) in [4.78, 5) is 12.5. The third-order valence-corrected chi connectivity index (χ3v) is 2.59. The zero-order chi connectivity index (χ0) is 14.3. The lowest BCUT2D eigenvalue weighted by molar-refractivity contribution is -0.160. The van der Waals surface area contributed by atoms with Crippen molar-refractivity contribution in [2.45, 2.75) is 19.0 Å². The monoisotopic (exact) mass is 274 g/mol. The molecule has 1 amide bonds. The molecule has 0 heterocycles. The van der Waals surface area contributed by atoms with Gasteiger partial charge in [0, 0.05) is 19.5 Å². The first kappa shape index (κ1) is 15.5. The van der Waals surface area contributed by atoms with Crippen LogP contribution in [0.15, 0.2) is 30.3 Å². The molecule has 0 aliphatic heterocycles. The van der Waals surface area contributed by atoms with E-state index >= 15 is 0 Å². The lowest BCUT2D eigenvalue weighted by Crippen LogP contribution is -2.41. The Labute approximate surface area is 110 Å². The van der Waals surface area contributed by atoms with E-state index in [0.717, 1.165) is 10.5 Å². The van der Waals surface area contributed by atoms with Crippen molar-refractivity contribution in [1.82, 2.24) is 4.90 Å². The Hall–Kier alpha value is -1.56. The molecule has 1 rings (SSSR count). The van der Waals surface area contributed by atoms with Crippen LogP contribution in [0.5, 0.6) is 0 Å². The van der Waals surface area contributed by atoms with Crippen molar-refractivity contribution < 1.29 is 18.0 Å². The predicted molar refractivity (Wildman–Crippen MR) is 66.5 cm³/mol. The van der Waals surface area contributed by atoms with E-state index in [1.54, 1.807) is 0 Å². The smallest absolute Gasteiger partial charge is 0.332 e. The zero-order valence-corrected chi connectivity index (χ0v) is 10.5. The number of amides is 1. The maximum atomic E-state index is 12.3. The van der Waals surface area contributed by atoms with Crippen molar-refractivity contribution in [1.29, 1.82) is 0 Å². The fraction of sp³-hybridized carbons (Fsp3) is 0.462. The minimum atomic E-state index is -4.39. The van der Waals surface area contributed by atoms with E-state index in [4.69, 9.17) is 5.73 Å². The molecule has 0 saturated carbocycles. The summed E-state index contributed by atoms with van der Waals surface area (Å²) in [5.74, 6) is -0.522. The summed E-state index contributed by atoms with van der Waals surface area (Å²) in [6, 6.07) is 9.17. The van der Waals surface area contributed by atoms with Crippen LogP contribution < -0.4 is 5.73 Å². The second kappa shape index (κ2) is 7.13. The molecule has 0 spiro atoms. The maximum absolute atomic E-state index is 12.3. The molecule has 0 radical (unpaired) electrons. The van der Waals surface area contributed by atoms with E-state index in [0.29, 0.717) is 6.42 Å². The molecule has 3 nitrogen and oxygen atoms in total. The molecule has 0 fully saturated rings. The number of nitrogens with two attached hydrogens (primary N) is 1. The number of hydrogen-bond donors (Lipinski definition) is 1. The van der Waals surface area contributed by atoms with Gasteiger partial charge in [0.05, 0.1) is 0 Å². The number of carbonyl (C=O) groups excluding carboxylic acids is 1. The molecule has 19 heavy (non-hydrogen) atoms. The van der Waals surface area contributed by atoms with Crippen LogP contribution in [0.2, 0.25) is 0 Å². The van der Waals surface area contributed by atoms with Crippen molar-refractivity contribution in [3.8, 4) is 0 Å². The lowest BCUT2D eigenvalue weighted by Gasteiger charge is -2.23. The fourth-order valence-corrected chi connectivity index (χ4v) is 1.72. The molecular weight excluding hydrogens is 257 g/mol. The van der Waals surface area contributed by atoms with Gasteiger partial charge in [0.15, 0.2) is 0 Å². The van der Waals surface area contributed by atoms with Gasteiger partial charge in [0.1, 0.15) is 6.54 Å². The van der Waals surface area contributed by atoms with Gasteiger partial charge in [0.25, 0.3) is 0 Å². The Balaban J connectivity index is 2.52. The number of benzene rings is 1. The number of hydrogen-bond acceptors (Lipinski definition) is 2. The molecule has 1 aromatic carbocycles. The molecule has 0 aromatic heterocycles. The SMILES string of the molecule is NCCN(CC(F)(F)F)C(=O)CCc1ccccc1. The average Bonchev–Trinajstić information content (AvgIpc) is 2.35. The third kappa shape index (κ3) is 6.24. The normalized spacial score (nSPS) is 11.4. The van der Waals surface area contributed by atoms with Gasteiger partial charge in [-0.1, -0.05) is 30.3 Å². The molecule has 2 N–H and O–H groups in total. The van der Waals surface area contributed by atoms with Crippen LogP contribution in [-0.4, -0.2) is 36.6 Å². The Morgan fingerprint density at radius 2 is 1.84 bits per heavy atom. The first-order valence-electron chi connectivity index (χ1n) is 6.01. The Kier molecular flexibility index (Phi) is 5.82. The van der Waals surface area contributed by atoms with E-state index in [-0.39, 0.29) is 19.5 Å². The highest BCUT2D eigenvalue weighted by Crippen LogP contribution is 2.17. The predicted octanol–water partition coefficient (Wildman–Crippen LogP) is 1.97. The van der Waals surface area contributed by atoms with Crippen molar-refractivity contribution in [2.24, 2.45) is 5.73 Å². The van der Waals surface area contributed by atoms with Gasteiger partial charge in [-0.2, -0.15) is 13.2 Å². The molecule has 0 atom stereocenters. The van der Waals surface area contributed by atoms with Gasteiger partial charge >= 0.3 is 6.18 Å². The van der Waals surface area contributed by atoms with E-state index in [1.807, 2.05) is 30.3 Å². The van der Waals surface area contributed by atoms with Crippen LogP contribution >= 0.6 is 0 Å². The summed E-state index contributed by atoms with van der Waals surface area (Å²) < 4.78 is 37.0. The molecule has 6 heteroatoms.